The Kier molecular flexibility index (Phi) is 4.76. The third kappa shape index (κ3) is 3.22. The molecule has 0 spiro atoms. The molecule has 1 N–H and O–H groups in total. The summed E-state index contributed by atoms with van der Waals surface area (Å²) >= 11 is 0. The Morgan fingerprint density at radius 3 is 3.06 bits per heavy atom. The summed E-state index contributed by atoms with van der Waals surface area (Å²) in [6.07, 6.45) is 3.36. The maximum absolute atomic E-state index is 9.80. The summed E-state index contributed by atoms with van der Waals surface area (Å²) in [5, 5.41) is 13.2. The lowest BCUT2D eigenvalue weighted by molar-refractivity contribution is 0.318. The number of hydrogen-bond acceptors (Lipinski definition) is 3. The Morgan fingerprint density at radius 2 is 2.38 bits per heavy atom. The maximum Gasteiger partial charge on any atom is 0.165 e. The topological polar surface area (TPSA) is 78.2 Å². The number of rotatable bonds is 5. The van der Waals surface area contributed by atoms with Crippen LogP contribution in [-0.2, 0) is 0 Å². The highest BCUT2D eigenvalue weighted by Gasteiger charge is 2.04. The van der Waals surface area contributed by atoms with Gasteiger partial charge in [0, 0.05) is 17.0 Å². The summed E-state index contributed by atoms with van der Waals surface area (Å²) in [5.74, 6) is 0.551. The number of benzene rings is 1. The van der Waals surface area contributed by atoms with Gasteiger partial charge in [0.25, 0.3) is 0 Å². The normalized spacial score (nSPS) is 10.1. The fraction of sp³-hybridized carbons (Fsp3) is 0.273. The highest BCUT2D eigenvalue weighted by Crippen LogP contribution is 2.30. The van der Waals surface area contributed by atoms with Crippen molar-refractivity contribution < 1.29 is 9.84 Å². The summed E-state index contributed by atoms with van der Waals surface area (Å²) in [6.45, 7) is 2.61. The molecule has 0 fully saturated rings. The zero-order valence-corrected chi connectivity index (χ0v) is 9.00. The van der Waals surface area contributed by atoms with Crippen LogP contribution in [0.5, 0.6) is 11.5 Å². The SMILES string of the molecule is CCOc1cccc(C=CCN=[N+]=[N-])c1O. The molecule has 84 valence electrons. The number of para-hydroxylation sites is 1. The Hall–Kier alpha value is -2.13. The number of nitrogens with zero attached hydrogens (tertiary/aromatic N) is 3. The Labute approximate surface area is 93.6 Å². The van der Waals surface area contributed by atoms with Gasteiger partial charge in [0.15, 0.2) is 11.5 Å². The molecule has 0 aliphatic carbocycles. The summed E-state index contributed by atoms with van der Waals surface area (Å²) in [4.78, 5) is 2.62. The van der Waals surface area contributed by atoms with E-state index in [1.165, 1.54) is 0 Å². The zero-order valence-electron chi connectivity index (χ0n) is 9.00. The molecule has 0 amide bonds. The van der Waals surface area contributed by atoms with Gasteiger partial charge in [0.05, 0.1) is 6.61 Å². The van der Waals surface area contributed by atoms with E-state index in [9.17, 15) is 5.11 Å². The number of aromatic hydroxyl groups is 1. The van der Waals surface area contributed by atoms with Gasteiger partial charge >= 0.3 is 0 Å². The van der Waals surface area contributed by atoms with Gasteiger partial charge < -0.3 is 9.84 Å². The summed E-state index contributed by atoms with van der Waals surface area (Å²) in [7, 11) is 0. The van der Waals surface area contributed by atoms with Crippen molar-refractivity contribution in [3.8, 4) is 11.5 Å². The first-order valence-electron chi connectivity index (χ1n) is 4.91. The van der Waals surface area contributed by atoms with E-state index in [0.717, 1.165) is 0 Å². The van der Waals surface area contributed by atoms with E-state index >= 15 is 0 Å². The van der Waals surface area contributed by atoms with Crippen LogP contribution in [0.25, 0.3) is 16.5 Å². The van der Waals surface area contributed by atoms with Gasteiger partial charge in [-0.1, -0.05) is 29.4 Å². The number of phenols is 1. The highest BCUT2D eigenvalue weighted by molar-refractivity contribution is 5.61. The number of phenolic OH excluding ortho intramolecular Hbond substituents is 1. The Balaban J connectivity index is 2.83. The fourth-order valence-corrected chi connectivity index (χ4v) is 1.21. The first kappa shape index (κ1) is 11.9. The molecule has 5 nitrogen and oxygen atoms in total. The number of hydrogen-bond donors (Lipinski definition) is 1. The van der Waals surface area contributed by atoms with E-state index in [4.69, 9.17) is 10.3 Å². The molecule has 0 saturated carbocycles. The quantitative estimate of drug-likeness (QED) is 0.469. The van der Waals surface area contributed by atoms with Crippen molar-refractivity contribution in [1.82, 2.24) is 0 Å². The van der Waals surface area contributed by atoms with Crippen molar-refractivity contribution in [3.05, 3.63) is 40.3 Å². The summed E-state index contributed by atoms with van der Waals surface area (Å²) < 4.78 is 5.24. The molecule has 0 atom stereocenters. The van der Waals surface area contributed by atoms with Gasteiger partial charge in [-0.25, -0.2) is 0 Å². The van der Waals surface area contributed by atoms with E-state index in [1.54, 1.807) is 30.4 Å². The first-order chi connectivity index (χ1) is 7.79. The van der Waals surface area contributed by atoms with Gasteiger partial charge in [0.1, 0.15) is 0 Å². The summed E-state index contributed by atoms with van der Waals surface area (Å²) in [6, 6.07) is 5.24. The third-order valence-corrected chi connectivity index (χ3v) is 1.88. The average molecular weight is 219 g/mol. The molecular formula is C11H13N3O2. The molecule has 0 aliphatic heterocycles. The van der Waals surface area contributed by atoms with Crippen LogP contribution < -0.4 is 4.74 Å². The molecule has 0 radical (unpaired) electrons. The average Bonchev–Trinajstić information content (AvgIpc) is 2.29. The molecule has 0 heterocycles. The Bertz CT molecular complexity index is 423. The van der Waals surface area contributed by atoms with Crippen LogP contribution in [0.4, 0.5) is 0 Å². The van der Waals surface area contributed by atoms with Crippen LogP contribution in [0.1, 0.15) is 12.5 Å². The molecule has 16 heavy (non-hydrogen) atoms. The van der Waals surface area contributed by atoms with Gasteiger partial charge in [0.2, 0.25) is 0 Å². The van der Waals surface area contributed by atoms with Gasteiger partial charge in [-0.15, -0.1) is 0 Å². The molecule has 1 rings (SSSR count). The standard InChI is InChI=1S/C11H13N3O2/c1-2-16-10-7-3-5-9(11(10)15)6-4-8-13-14-12/h3-7,15H,2,8H2,1H3. The Morgan fingerprint density at radius 1 is 1.56 bits per heavy atom. The van der Waals surface area contributed by atoms with Gasteiger partial charge in [-0.05, 0) is 18.5 Å². The molecule has 0 aromatic heterocycles. The molecule has 0 unspecified atom stereocenters. The molecule has 0 saturated heterocycles. The van der Waals surface area contributed by atoms with Crippen molar-refractivity contribution >= 4 is 6.08 Å². The lowest BCUT2D eigenvalue weighted by Gasteiger charge is -2.07. The molecule has 5 heteroatoms. The van der Waals surface area contributed by atoms with Crippen molar-refractivity contribution in [2.24, 2.45) is 5.11 Å². The van der Waals surface area contributed by atoms with Crippen LogP contribution in [0.2, 0.25) is 0 Å². The minimum atomic E-state index is 0.0986. The third-order valence-electron chi connectivity index (χ3n) is 1.88. The van der Waals surface area contributed by atoms with Crippen LogP contribution in [0.3, 0.4) is 0 Å². The lowest BCUT2D eigenvalue weighted by Crippen LogP contribution is -1.92. The van der Waals surface area contributed by atoms with E-state index < -0.39 is 0 Å². The largest absolute Gasteiger partial charge is 0.504 e. The van der Waals surface area contributed by atoms with Crippen LogP contribution in [0, 0.1) is 0 Å². The highest BCUT2D eigenvalue weighted by atomic mass is 16.5. The fourth-order valence-electron chi connectivity index (χ4n) is 1.21. The number of azide groups is 1. The number of ether oxygens (including phenoxy) is 1. The van der Waals surface area contributed by atoms with Crippen LogP contribution in [-0.4, -0.2) is 18.3 Å². The van der Waals surface area contributed by atoms with E-state index in [0.29, 0.717) is 17.9 Å². The lowest BCUT2D eigenvalue weighted by atomic mass is 10.1. The van der Waals surface area contributed by atoms with Crippen molar-refractivity contribution in [3.63, 3.8) is 0 Å². The molecule has 1 aromatic carbocycles. The van der Waals surface area contributed by atoms with Gasteiger partial charge in [-0.2, -0.15) is 0 Å². The predicted molar refractivity (Wildman–Crippen MR) is 62.3 cm³/mol. The molecule has 0 aliphatic rings. The van der Waals surface area contributed by atoms with Crippen LogP contribution >= 0.6 is 0 Å². The monoisotopic (exact) mass is 219 g/mol. The smallest absolute Gasteiger partial charge is 0.165 e. The van der Waals surface area contributed by atoms with E-state index in [2.05, 4.69) is 10.0 Å². The van der Waals surface area contributed by atoms with E-state index in [-0.39, 0.29) is 12.3 Å². The van der Waals surface area contributed by atoms with Crippen molar-refractivity contribution in [2.45, 2.75) is 6.92 Å². The second-order valence-corrected chi connectivity index (χ2v) is 2.94. The second-order valence-electron chi connectivity index (χ2n) is 2.94. The van der Waals surface area contributed by atoms with Gasteiger partial charge in [-0.3, -0.25) is 0 Å². The van der Waals surface area contributed by atoms with E-state index in [1.807, 2.05) is 6.92 Å². The van der Waals surface area contributed by atoms with Crippen molar-refractivity contribution in [2.75, 3.05) is 13.2 Å². The molecule has 0 bridgehead atoms. The van der Waals surface area contributed by atoms with Crippen molar-refractivity contribution in [1.29, 1.82) is 0 Å². The predicted octanol–water partition coefficient (Wildman–Crippen LogP) is 3.11. The minimum absolute atomic E-state index is 0.0986. The summed E-state index contributed by atoms with van der Waals surface area (Å²) in [5.41, 5.74) is 8.73. The zero-order chi connectivity index (χ0) is 11.8. The van der Waals surface area contributed by atoms with Crippen LogP contribution in [0.15, 0.2) is 29.4 Å². The molecule has 1 aromatic rings. The molecular weight excluding hydrogens is 206 g/mol. The minimum Gasteiger partial charge on any atom is -0.504 e. The second kappa shape index (κ2) is 6.37. The first-order valence-corrected chi connectivity index (χ1v) is 4.91. The maximum atomic E-state index is 9.80.